The number of para-hydroxylation sites is 1. The molecule has 0 aliphatic heterocycles. The van der Waals surface area contributed by atoms with E-state index in [0.29, 0.717) is 11.3 Å². The van der Waals surface area contributed by atoms with E-state index < -0.39 is 11.9 Å². The molecule has 3 aromatic rings. The SMILES string of the molecule is O=C(COC(=O)c1cc2ccccc2o1)NCc1ccco1. The molecule has 0 spiro atoms. The molecule has 1 N–H and O–H groups in total. The number of esters is 1. The van der Waals surface area contributed by atoms with Gasteiger partial charge in [0, 0.05) is 5.39 Å². The van der Waals surface area contributed by atoms with Crippen LogP contribution in [0.2, 0.25) is 0 Å². The Bertz CT molecular complexity index is 755. The molecule has 0 saturated heterocycles. The predicted octanol–water partition coefficient (Wildman–Crippen LogP) is 2.50. The van der Waals surface area contributed by atoms with Gasteiger partial charge in [0.05, 0.1) is 12.8 Å². The van der Waals surface area contributed by atoms with Gasteiger partial charge in [0.25, 0.3) is 5.91 Å². The zero-order valence-electron chi connectivity index (χ0n) is 11.6. The van der Waals surface area contributed by atoms with Crippen LogP contribution in [0, 0.1) is 0 Å². The molecular formula is C16H13NO5. The molecule has 22 heavy (non-hydrogen) atoms. The molecule has 3 rings (SSSR count). The highest BCUT2D eigenvalue weighted by Crippen LogP contribution is 2.19. The van der Waals surface area contributed by atoms with Gasteiger partial charge in [0.1, 0.15) is 11.3 Å². The molecule has 0 radical (unpaired) electrons. The van der Waals surface area contributed by atoms with E-state index in [-0.39, 0.29) is 18.9 Å². The Labute approximate surface area is 125 Å². The molecule has 2 heterocycles. The summed E-state index contributed by atoms with van der Waals surface area (Å²) in [6, 6.07) is 12.3. The molecule has 0 fully saturated rings. The average molecular weight is 299 g/mol. The Morgan fingerprint density at radius 1 is 1.14 bits per heavy atom. The second-order valence-corrected chi connectivity index (χ2v) is 4.58. The third-order valence-corrected chi connectivity index (χ3v) is 3.00. The van der Waals surface area contributed by atoms with Gasteiger partial charge < -0.3 is 18.9 Å². The summed E-state index contributed by atoms with van der Waals surface area (Å²) in [6.07, 6.45) is 1.52. The van der Waals surface area contributed by atoms with E-state index in [4.69, 9.17) is 13.6 Å². The van der Waals surface area contributed by atoms with Gasteiger partial charge in [0.2, 0.25) is 5.76 Å². The Balaban J connectivity index is 1.52. The first-order valence-corrected chi connectivity index (χ1v) is 6.67. The third-order valence-electron chi connectivity index (χ3n) is 3.00. The highest BCUT2D eigenvalue weighted by atomic mass is 16.5. The van der Waals surface area contributed by atoms with Crippen molar-refractivity contribution in [3.05, 3.63) is 60.2 Å². The molecule has 0 saturated carbocycles. The van der Waals surface area contributed by atoms with Crippen LogP contribution in [-0.2, 0) is 16.1 Å². The second-order valence-electron chi connectivity index (χ2n) is 4.58. The van der Waals surface area contributed by atoms with Gasteiger partial charge in [-0.15, -0.1) is 0 Å². The normalized spacial score (nSPS) is 10.5. The number of furan rings is 2. The molecule has 6 nitrogen and oxygen atoms in total. The molecule has 1 aromatic carbocycles. The van der Waals surface area contributed by atoms with E-state index in [1.54, 1.807) is 24.3 Å². The van der Waals surface area contributed by atoms with Crippen molar-refractivity contribution >= 4 is 22.8 Å². The smallest absolute Gasteiger partial charge is 0.374 e. The lowest BCUT2D eigenvalue weighted by molar-refractivity contribution is -0.124. The van der Waals surface area contributed by atoms with E-state index in [2.05, 4.69) is 5.32 Å². The highest BCUT2D eigenvalue weighted by Gasteiger charge is 2.15. The molecule has 0 bridgehead atoms. The largest absolute Gasteiger partial charge is 0.467 e. The summed E-state index contributed by atoms with van der Waals surface area (Å²) in [5.41, 5.74) is 0.594. The molecular weight excluding hydrogens is 286 g/mol. The van der Waals surface area contributed by atoms with Crippen molar-refractivity contribution in [2.45, 2.75) is 6.54 Å². The van der Waals surface area contributed by atoms with Crippen LogP contribution < -0.4 is 5.32 Å². The maximum atomic E-state index is 11.8. The molecule has 112 valence electrons. The van der Waals surface area contributed by atoms with Gasteiger partial charge >= 0.3 is 5.97 Å². The van der Waals surface area contributed by atoms with Crippen molar-refractivity contribution < 1.29 is 23.2 Å². The van der Waals surface area contributed by atoms with Crippen molar-refractivity contribution in [2.24, 2.45) is 0 Å². The quantitative estimate of drug-likeness (QED) is 0.732. The first kappa shape index (κ1) is 13.9. The van der Waals surface area contributed by atoms with Crippen LogP contribution in [0.4, 0.5) is 0 Å². The number of rotatable bonds is 5. The number of hydrogen-bond acceptors (Lipinski definition) is 5. The van der Waals surface area contributed by atoms with Gasteiger partial charge in [-0.2, -0.15) is 0 Å². The van der Waals surface area contributed by atoms with Crippen molar-refractivity contribution in [1.29, 1.82) is 0 Å². The summed E-state index contributed by atoms with van der Waals surface area (Å²) in [6.45, 7) is -0.134. The first-order chi connectivity index (χ1) is 10.7. The number of hydrogen-bond donors (Lipinski definition) is 1. The monoisotopic (exact) mass is 299 g/mol. The topological polar surface area (TPSA) is 81.7 Å². The molecule has 0 aliphatic rings. The van der Waals surface area contributed by atoms with Gasteiger partial charge in [-0.05, 0) is 24.3 Å². The van der Waals surface area contributed by atoms with Gasteiger partial charge in [-0.25, -0.2) is 4.79 Å². The summed E-state index contributed by atoms with van der Waals surface area (Å²) < 4.78 is 15.3. The van der Waals surface area contributed by atoms with Crippen LogP contribution in [0.5, 0.6) is 0 Å². The average Bonchev–Trinajstić information content (AvgIpc) is 3.19. The second kappa shape index (κ2) is 6.17. The van der Waals surface area contributed by atoms with Crippen molar-refractivity contribution in [3.8, 4) is 0 Å². The van der Waals surface area contributed by atoms with E-state index in [0.717, 1.165) is 5.39 Å². The lowest BCUT2D eigenvalue weighted by Crippen LogP contribution is -2.28. The maximum absolute atomic E-state index is 11.8. The molecule has 2 aromatic heterocycles. The summed E-state index contributed by atoms with van der Waals surface area (Å²) in [4.78, 5) is 23.4. The van der Waals surface area contributed by atoms with Gasteiger partial charge in [-0.3, -0.25) is 4.79 Å². The first-order valence-electron chi connectivity index (χ1n) is 6.67. The standard InChI is InChI=1S/C16H13NO5/c18-15(17-9-12-5-3-7-20-12)10-21-16(19)14-8-11-4-1-2-6-13(11)22-14/h1-8H,9-10H2,(H,17,18). The zero-order chi connectivity index (χ0) is 15.4. The van der Waals surface area contributed by atoms with E-state index >= 15 is 0 Å². The predicted molar refractivity (Wildman–Crippen MR) is 77.1 cm³/mol. The minimum absolute atomic E-state index is 0.0695. The molecule has 1 amide bonds. The van der Waals surface area contributed by atoms with Crippen LogP contribution in [0.15, 0.2) is 57.6 Å². The molecule has 0 atom stereocenters. The van der Waals surface area contributed by atoms with Crippen LogP contribution in [-0.4, -0.2) is 18.5 Å². The summed E-state index contributed by atoms with van der Waals surface area (Å²) >= 11 is 0. The fraction of sp³-hybridized carbons (Fsp3) is 0.125. The van der Waals surface area contributed by atoms with Crippen LogP contribution in [0.25, 0.3) is 11.0 Å². The van der Waals surface area contributed by atoms with Crippen LogP contribution >= 0.6 is 0 Å². The summed E-state index contributed by atoms with van der Waals surface area (Å²) in [7, 11) is 0. The summed E-state index contributed by atoms with van der Waals surface area (Å²) in [5, 5.41) is 3.38. The Kier molecular flexibility index (Phi) is 3.91. The lowest BCUT2D eigenvalue weighted by atomic mass is 10.2. The van der Waals surface area contributed by atoms with Gasteiger partial charge in [-0.1, -0.05) is 18.2 Å². The fourth-order valence-corrected chi connectivity index (χ4v) is 1.93. The van der Waals surface area contributed by atoms with Crippen molar-refractivity contribution in [2.75, 3.05) is 6.61 Å². The third kappa shape index (κ3) is 3.17. The number of nitrogens with one attached hydrogen (secondary N) is 1. The number of fused-ring (bicyclic) bond motifs is 1. The van der Waals surface area contributed by atoms with Crippen molar-refractivity contribution in [3.63, 3.8) is 0 Å². The zero-order valence-corrected chi connectivity index (χ0v) is 11.6. The van der Waals surface area contributed by atoms with Crippen LogP contribution in [0.1, 0.15) is 16.3 Å². The van der Waals surface area contributed by atoms with E-state index in [1.165, 1.54) is 6.26 Å². The maximum Gasteiger partial charge on any atom is 0.374 e. The number of carbonyl (C=O) groups excluding carboxylic acids is 2. The Morgan fingerprint density at radius 3 is 2.77 bits per heavy atom. The Morgan fingerprint density at radius 2 is 2.00 bits per heavy atom. The Hall–Kier alpha value is -3.02. The fourth-order valence-electron chi connectivity index (χ4n) is 1.93. The molecule has 0 unspecified atom stereocenters. The van der Waals surface area contributed by atoms with E-state index in [9.17, 15) is 9.59 Å². The number of carbonyl (C=O) groups is 2. The number of benzene rings is 1. The number of amides is 1. The lowest BCUT2D eigenvalue weighted by Gasteiger charge is -2.03. The molecule has 0 aliphatic carbocycles. The minimum atomic E-state index is -0.677. The van der Waals surface area contributed by atoms with Gasteiger partial charge in [0.15, 0.2) is 6.61 Å². The summed E-state index contributed by atoms with van der Waals surface area (Å²) in [5.74, 6) is -0.401. The molecule has 6 heteroatoms. The van der Waals surface area contributed by atoms with E-state index in [1.807, 2.05) is 18.2 Å². The minimum Gasteiger partial charge on any atom is -0.467 e. The van der Waals surface area contributed by atoms with Crippen LogP contribution in [0.3, 0.4) is 0 Å². The highest BCUT2D eigenvalue weighted by molar-refractivity contribution is 5.93. The number of ether oxygens (including phenoxy) is 1. The van der Waals surface area contributed by atoms with Crippen molar-refractivity contribution in [1.82, 2.24) is 5.32 Å².